The SMILES string of the molecule is CCN(Cc1ccc(N)cc1)c1ccccc1C. The number of hydrogen-bond donors (Lipinski definition) is 1. The highest BCUT2D eigenvalue weighted by Gasteiger charge is 2.07. The average molecular weight is 240 g/mol. The number of nitrogens with two attached hydrogens (primary N) is 1. The number of para-hydroxylation sites is 1. The van der Waals surface area contributed by atoms with Gasteiger partial charge in [-0.2, -0.15) is 0 Å². The van der Waals surface area contributed by atoms with Crippen molar-refractivity contribution in [3.8, 4) is 0 Å². The van der Waals surface area contributed by atoms with Gasteiger partial charge in [-0.1, -0.05) is 30.3 Å². The number of aryl methyl sites for hydroxylation is 1. The van der Waals surface area contributed by atoms with E-state index in [9.17, 15) is 0 Å². The molecule has 2 rings (SSSR count). The van der Waals surface area contributed by atoms with Gasteiger partial charge in [-0.3, -0.25) is 0 Å². The second-order valence-corrected chi connectivity index (χ2v) is 4.54. The van der Waals surface area contributed by atoms with E-state index in [-0.39, 0.29) is 0 Å². The van der Waals surface area contributed by atoms with E-state index in [4.69, 9.17) is 5.73 Å². The quantitative estimate of drug-likeness (QED) is 0.827. The maximum atomic E-state index is 5.71. The Kier molecular flexibility index (Phi) is 3.88. The summed E-state index contributed by atoms with van der Waals surface area (Å²) in [6.07, 6.45) is 0. The van der Waals surface area contributed by atoms with Crippen molar-refractivity contribution in [2.75, 3.05) is 17.2 Å². The van der Waals surface area contributed by atoms with Gasteiger partial charge >= 0.3 is 0 Å². The molecule has 0 fully saturated rings. The lowest BCUT2D eigenvalue weighted by molar-refractivity contribution is 0.828. The van der Waals surface area contributed by atoms with Gasteiger partial charge in [0.2, 0.25) is 0 Å². The van der Waals surface area contributed by atoms with Crippen molar-refractivity contribution in [2.45, 2.75) is 20.4 Å². The van der Waals surface area contributed by atoms with Crippen LogP contribution >= 0.6 is 0 Å². The lowest BCUT2D eigenvalue weighted by Gasteiger charge is -2.25. The fraction of sp³-hybridized carbons (Fsp3) is 0.250. The number of anilines is 2. The Hall–Kier alpha value is -1.96. The fourth-order valence-electron chi connectivity index (χ4n) is 2.13. The van der Waals surface area contributed by atoms with Crippen molar-refractivity contribution in [3.05, 3.63) is 59.7 Å². The first kappa shape index (κ1) is 12.5. The van der Waals surface area contributed by atoms with Gasteiger partial charge in [-0.25, -0.2) is 0 Å². The first-order chi connectivity index (χ1) is 8.70. The molecule has 0 saturated carbocycles. The predicted molar refractivity (Wildman–Crippen MR) is 78.8 cm³/mol. The summed E-state index contributed by atoms with van der Waals surface area (Å²) in [5, 5.41) is 0. The molecule has 0 unspecified atom stereocenters. The highest BCUT2D eigenvalue weighted by Crippen LogP contribution is 2.21. The molecule has 0 aliphatic heterocycles. The van der Waals surface area contributed by atoms with Gasteiger partial charge in [0.15, 0.2) is 0 Å². The minimum Gasteiger partial charge on any atom is -0.399 e. The first-order valence-corrected chi connectivity index (χ1v) is 6.35. The standard InChI is InChI=1S/C16H20N2/c1-3-18(16-7-5-4-6-13(16)2)12-14-8-10-15(17)11-9-14/h4-11H,3,12,17H2,1-2H3. The zero-order chi connectivity index (χ0) is 13.0. The molecule has 0 spiro atoms. The van der Waals surface area contributed by atoms with Crippen molar-refractivity contribution >= 4 is 11.4 Å². The lowest BCUT2D eigenvalue weighted by atomic mass is 10.1. The van der Waals surface area contributed by atoms with Crippen LogP contribution in [-0.2, 0) is 6.54 Å². The highest BCUT2D eigenvalue weighted by atomic mass is 15.1. The van der Waals surface area contributed by atoms with E-state index < -0.39 is 0 Å². The molecule has 0 aliphatic carbocycles. The van der Waals surface area contributed by atoms with E-state index in [0.29, 0.717) is 0 Å². The Morgan fingerprint density at radius 3 is 2.28 bits per heavy atom. The molecule has 0 atom stereocenters. The Bertz CT molecular complexity index is 503. The van der Waals surface area contributed by atoms with Gasteiger partial charge in [0.05, 0.1) is 0 Å². The van der Waals surface area contributed by atoms with Crippen LogP contribution in [0.1, 0.15) is 18.1 Å². The molecule has 0 saturated heterocycles. The molecule has 2 heteroatoms. The third kappa shape index (κ3) is 2.83. The number of benzene rings is 2. The molecule has 0 aromatic heterocycles. The molecule has 2 aromatic carbocycles. The summed E-state index contributed by atoms with van der Waals surface area (Å²) in [6, 6.07) is 16.6. The Morgan fingerprint density at radius 2 is 1.67 bits per heavy atom. The Labute approximate surface area is 109 Å². The smallest absolute Gasteiger partial charge is 0.0429 e. The molecule has 0 amide bonds. The van der Waals surface area contributed by atoms with E-state index >= 15 is 0 Å². The molecule has 0 radical (unpaired) electrons. The fourth-order valence-corrected chi connectivity index (χ4v) is 2.13. The maximum Gasteiger partial charge on any atom is 0.0429 e. The van der Waals surface area contributed by atoms with Crippen molar-refractivity contribution in [3.63, 3.8) is 0 Å². The number of nitrogens with zero attached hydrogens (tertiary/aromatic N) is 1. The lowest BCUT2D eigenvalue weighted by Crippen LogP contribution is -2.22. The van der Waals surface area contributed by atoms with Crippen LogP contribution in [0.3, 0.4) is 0 Å². The van der Waals surface area contributed by atoms with Crippen LogP contribution in [0.15, 0.2) is 48.5 Å². The van der Waals surface area contributed by atoms with Crippen molar-refractivity contribution < 1.29 is 0 Å². The van der Waals surface area contributed by atoms with Crippen LogP contribution in [0.5, 0.6) is 0 Å². The molecule has 0 bridgehead atoms. The minimum atomic E-state index is 0.817. The molecule has 0 heterocycles. The van der Waals surface area contributed by atoms with Gasteiger partial charge in [0.1, 0.15) is 0 Å². The molecule has 0 aliphatic rings. The molecule has 2 aromatic rings. The maximum absolute atomic E-state index is 5.71. The van der Waals surface area contributed by atoms with Crippen LogP contribution in [0, 0.1) is 6.92 Å². The number of hydrogen-bond acceptors (Lipinski definition) is 2. The van der Waals surface area contributed by atoms with Gasteiger partial charge < -0.3 is 10.6 Å². The van der Waals surface area contributed by atoms with Crippen LogP contribution in [-0.4, -0.2) is 6.54 Å². The van der Waals surface area contributed by atoms with E-state index in [0.717, 1.165) is 18.8 Å². The third-order valence-corrected chi connectivity index (χ3v) is 3.19. The van der Waals surface area contributed by atoms with E-state index in [1.54, 1.807) is 0 Å². The van der Waals surface area contributed by atoms with Crippen molar-refractivity contribution in [2.24, 2.45) is 0 Å². The zero-order valence-corrected chi connectivity index (χ0v) is 11.1. The van der Waals surface area contributed by atoms with Gasteiger partial charge in [-0.15, -0.1) is 0 Å². The second kappa shape index (κ2) is 5.58. The van der Waals surface area contributed by atoms with E-state index in [1.807, 2.05) is 12.1 Å². The van der Waals surface area contributed by atoms with E-state index in [1.165, 1.54) is 16.8 Å². The Balaban J connectivity index is 2.20. The molecular formula is C16H20N2. The van der Waals surface area contributed by atoms with Gasteiger partial charge in [0, 0.05) is 24.5 Å². The summed E-state index contributed by atoms with van der Waals surface area (Å²) in [6.45, 7) is 6.25. The largest absolute Gasteiger partial charge is 0.399 e. The molecular weight excluding hydrogens is 220 g/mol. The topological polar surface area (TPSA) is 29.3 Å². The van der Waals surface area contributed by atoms with Crippen LogP contribution in [0.2, 0.25) is 0 Å². The summed E-state index contributed by atoms with van der Waals surface area (Å²) in [5.41, 5.74) is 10.4. The predicted octanol–water partition coefficient (Wildman–Crippen LogP) is 3.60. The molecule has 2 N–H and O–H groups in total. The number of nitrogen functional groups attached to an aromatic ring is 1. The average Bonchev–Trinajstić information content (AvgIpc) is 2.39. The molecule has 18 heavy (non-hydrogen) atoms. The second-order valence-electron chi connectivity index (χ2n) is 4.54. The summed E-state index contributed by atoms with van der Waals surface area (Å²) >= 11 is 0. The Morgan fingerprint density at radius 1 is 1.00 bits per heavy atom. The monoisotopic (exact) mass is 240 g/mol. The van der Waals surface area contributed by atoms with Crippen LogP contribution in [0.25, 0.3) is 0 Å². The van der Waals surface area contributed by atoms with Gasteiger partial charge in [0.25, 0.3) is 0 Å². The zero-order valence-electron chi connectivity index (χ0n) is 11.1. The summed E-state index contributed by atoms with van der Waals surface area (Å²) in [5.74, 6) is 0. The molecule has 2 nitrogen and oxygen atoms in total. The highest BCUT2D eigenvalue weighted by molar-refractivity contribution is 5.53. The minimum absolute atomic E-state index is 0.817. The number of rotatable bonds is 4. The third-order valence-electron chi connectivity index (χ3n) is 3.19. The van der Waals surface area contributed by atoms with Crippen molar-refractivity contribution in [1.82, 2.24) is 0 Å². The summed E-state index contributed by atoms with van der Waals surface area (Å²) in [7, 11) is 0. The van der Waals surface area contributed by atoms with Crippen molar-refractivity contribution in [1.29, 1.82) is 0 Å². The summed E-state index contributed by atoms with van der Waals surface area (Å²) < 4.78 is 0. The first-order valence-electron chi connectivity index (χ1n) is 6.35. The normalized spacial score (nSPS) is 10.3. The molecule has 94 valence electrons. The summed E-state index contributed by atoms with van der Waals surface area (Å²) in [4.78, 5) is 2.38. The van der Waals surface area contributed by atoms with Crippen LogP contribution in [0.4, 0.5) is 11.4 Å². The van der Waals surface area contributed by atoms with Crippen LogP contribution < -0.4 is 10.6 Å². The van der Waals surface area contributed by atoms with E-state index in [2.05, 4.69) is 55.1 Å². The van der Waals surface area contributed by atoms with Gasteiger partial charge in [-0.05, 0) is 43.2 Å².